The molecule has 0 bridgehead atoms. The highest BCUT2D eigenvalue weighted by molar-refractivity contribution is 7.16. The van der Waals surface area contributed by atoms with Gasteiger partial charge in [0.2, 0.25) is 5.95 Å². The first-order chi connectivity index (χ1) is 8.75. The third kappa shape index (κ3) is 2.02. The number of nitrogens with two attached hydrogens (primary N) is 1. The van der Waals surface area contributed by atoms with E-state index in [1.165, 1.54) is 0 Å². The number of hydrogen-bond acceptors (Lipinski definition) is 6. The van der Waals surface area contributed by atoms with Crippen molar-refractivity contribution < 1.29 is 4.74 Å². The Morgan fingerprint density at radius 3 is 2.94 bits per heavy atom. The van der Waals surface area contributed by atoms with Gasteiger partial charge in [0.15, 0.2) is 0 Å². The minimum Gasteiger partial charge on any atom is -0.381 e. The zero-order chi connectivity index (χ0) is 12.5. The molecule has 2 aromatic heterocycles. The Morgan fingerprint density at radius 2 is 2.17 bits per heavy atom. The molecular weight excluding hydrogens is 248 g/mol. The van der Waals surface area contributed by atoms with Crippen LogP contribution in [0.25, 0.3) is 10.2 Å². The molecule has 2 aromatic rings. The predicted molar refractivity (Wildman–Crippen MR) is 74.1 cm³/mol. The van der Waals surface area contributed by atoms with Gasteiger partial charge in [-0.15, -0.1) is 11.3 Å². The van der Waals surface area contributed by atoms with Crippen LogP contribution in [-0.2, 0) is 4.74 Å². The van der Waals surface area contributed by atoms with Gasteiger partial charge < -0.3 is 15.4 Å². The molecule has 0 unspecified atom stereocenters. The van der Waals surface area contributed by atoms with E-state index in [0.29, 0.717) is 12.0 Å². The molecule has 0 aliphatic carbocycles. The summed E-state index contributed by atoms with van der Waals surface area (Å²) in [6.07, 6.45) is 2.07. The average molecular weight is 264 g/mol. The number of ether oxygens (including phenoxy) is 1. The Kier molecular flexibility index (Phi) is 3.05. The van der Waals surface area contributed by atoms with Gasteiger partial charge in [-0.25, -0.2) is 4.98 Å². The van der Waals surface area contributed by atoms with Gasteiger partial charge >= 0.3 is 0 Å². The first kappa shape index (κ1) is 11.7. The number of thiophene rings is 1. The lowest BCUT2D eigenvalue weighted by atomic mass is 10.1. The smallest absolute Gasteiger partial charge is 0.223 e. The summed E-state index contributed by atoms with van der Waals surface area (Å²) in [5.41, 5.74) is 5.78. The molecule has 1 aliphatic heterocycles. The first-order valence-electron chi connectivity index (χ1n) is 6.07. The Labute approximate surface area is 110 Å². The molecule has 6 heteroatoms. The van der Waals surface area contributed by atoms with E-state index in [9.17, 15) is 0 Å². The van der Waals surface area contributed by atoms with Gasteiger partial charge in [-0.3, -0.25) is 0 Å². The van der Waals surface area contributed by atoms with Gasteiger partial charge in [0, 0.05) is 26.3 Å². The summed E-state index contributed by atoms with van der Waals surface area (Å²) in [6, 6.07) is 2.53. The molecule has 0 spiro atoms. The highest BCUT2D eigenvalue weighted by atomic mass is 32.1. The standard InChI is InChI=1S/C12H16N4OS/c1-16(8-2-5-17-6-3-8)10-9-4-7-18-11(9)15-12(13)14-10/h4,7-8H,2-3,5-6H2,1H3,(H2,13,14,15). The lowest BCUT2D eigenvalue weighted by Gasteiger charge is -2.32. The second-order valence-corrected chi connectivity index (χ2v) is 5.39. The zero-order valence-electron chi connectivity index (χ0n) is 10.3. The van der Waals surface area contributed by atoms with Crippen LogP contribution in [0.1, 0.15) is 12.8 Å². The number of nitrogen functional groups attached to an aromatic ring is 1. The van der Waals surface area contributed by atoms with Crippen molar-refractivity contribution in [2.75, 3.05) is 30.9 Å². The minimum absolute atomic E-state index is 0.346. The fourth-order valence-electron chi connectivity index (χ4n) is 2.37. The third-order valence-corrected chi connectivity index (χ3v) is 4.20. The number of rotatable bonds is 2. The molecule has 0 saturated carbocycles. The molecule has 18 heavy (non-hydrogen) atoms. The van der Waals surface area contributed by atoms with Gasteiger partial charge in [0.25, 0.3) is 0 Å². The Balaban J connectivity index is 1.99. The summed E-state index contributed by atoms with van der Waals surface area (Å²) in [6.45, 7) is 1.64. The molecule has 5 nitrogen and oxygen atoms in total. The Bertz CT molecular complexity index is 550. The summed E-state index contributed by atoms with van der Waals surface area (Å²) in [5.74, 6) is 1.28. The van der Waals surface area contributed by atoms with E-state index < -0.39 is 0 Å². The van der Waals surface area contributed by atoms with E-state index in [2.05, 4.69) is 28.0 Å². The molecule has 1 fully saturated rings. The number of anilines is 2. The average Bonchev–Trinajstić information content (AvgIpc) is 2.86. The topological polar surface area (TPSA) is 64.3 Å². The van der Waals surface area contributed by atoms with Crippen molar-refractivity contribution in [2.45, 2.75) is 18.9 Å². The largest absolute Gasteiger partial charge is 0.381 e. The van der Waals surface area contributed by atoms with Crippen LogP contribution in [-0.4, -0.2) is 36.3 Å². The summed E-state index contributed by atoms with van der Waals surface area (Å²) in [7, 11) is 2.08. The Hall–Kier alpha value is -1.40. The fraction of sp³-hybridized carbons (Fsp3) is 0.500. The first-order valence-corrected chi connectivity index (χ1v) is 6.95. The van der Waals surface area contributed by atoms with Crippen LogP contribution in [0.5, 0.6) is 0 Å². The van der Waals surface area contributed by atoms with E-state index in [4.69, 9.17) is 10.5 Å². The summed E-state index contributed by atoms with van der Waals surface area (Å²) in [4.78, 5) is 11.8. The molecule has 3 rings (SSSR count). The van der Waals surface area contributed by atoms with Crippen LogP contribution in [0, 0.1) is 0 Å². The maximum absolute atomic E-state index is 5.78. The quantitative estimate of drug-likeness (QED) is 0.897. The molecule has 2 N–H and O–H groups in total. The van der Waals surface area contributed by atoms with Crippen molar-refractivity contribution in [1.29, 1.82) is 0 Å². The van der Waals surface area contributed by atoms with Crippen LogP contribution < -0.4 is 10.6 Å². The zero-order valence-corrected chi connectivity index (χ0v) is 11.1. The highest BCUT2D eigenvalue weighted by Gasteiger charge is 2.22. The van der Waals surface area contributed by atoms with E-state index >= 15 is 0 Å². The maximum Gasteiger partial charge on any atom is 0.223 e. The molecule has 1 saturated heterocycles. The van der Waals surface area contributed by atoms with Gasteiger partial charge in [-0.1, -0.05) is 0 Å². The van der Waals surface area contributed by atoms with Gasteiger partial charge in [0.05, 0.1) is 5.39 Å². The van der Waals surface area contributed by atoms with Crippen LogP contribution in [0.2, 0.25) is 0 Å². The van der Waals surface area contributed by atoms with Gasteiger partial charge in [-0.2, -0.15) is 4.98 Å². The fourth-order valence-corrected chi connectivity index (χ4v) is 3.14. The maximum atomic E-state index is 5.78. The van der Waals surface area contributed by atoms with E-state index in [-0.39, 0.29) is 0 Å². The molecule has 1 aliphatic rings. The second-order valence-electron chi connectivity index (χ2n) is 4.50. The molecule has 96 valence electrons. The third-order valence-electron chi connectivity index (χ3n) is 3.39. The monoisotopic (exact) mass is 264 g/mol. The lowest BCUT2D eigenvalue weighted by molar-refractivity contribution is 0.0854. The number of aromatic nitrogens is 2. The number of fused-ring (bicyclic) bond motifs is 1. The van der Waals surface area contributed by atoms with Gasteiger partial charge in [0.1, 0.15) is 10.6 Å². The van der Waals surface area contributed by atoms with Crippen molar-refractivity contribution >= 4 is 33.3 Å². The predicted octanol–water partition coefficient (Wildman–Crippen LogP) is 1.89. The van der Waals surface area contributed by atoms with Crippen LogP contribution in [0.4, 0.5) is 11.8 Å². The van der Waals surface area contributed by atoms with Crippen molar-refractivity contribution in [2.24, 2.45) is 0 Å². The number of nitrogens with zero attached hydrogens (tertiary/aromatic N) is 3. The summed E-state index contributed by atoms with van der Waals surface area (Å²) in [5, 5.41) is 3.11. The number of hydrogen-bond donors (Lipinski definition) is 1. The van der Waals surface area contributed by atoms with Crippen LogP contribution in [0.15, 0.2) is 11.4 Å². The minimum atomic E-state index is 0.346. The summed E-state index contributed by atoms with van der Waals surface area (Å²) < 4.78 is 5.40. The molecule has 0 atom stereocenters. The molecular formula is C12H16N4OS. The van der Waals surface area contributed by atoms with Crippen molar-refractivity contribution in [3.8, 4) is 0 Å². The second kappa shape index (κ2) is 4.70. The van der Waals surface area contributed by atoms with Crippen LogP contribution in [0.3, 0.4) is 0 Å². The SMILES string of the molecule is CN(c1nc(N)nc2sccc12)C1CCOCC1. The normalized spacial score (nSPS) is 17.2. The van der Waals surface area contributed by atoms with Crippen molar-refractivity contribution in [1.82, 2.24) is 9.97 Å². The lowest BCUT2D eigenvalue weighted by Crippen LogP contribution is -2.37. The van der Waals surface area contributed by atoms with Crippen LogP contribution >= 0.6 is 11.3 Å². The van der Waals surface area contributed by atoms with Crippen molar-refractivity contribution in [3.63, 3.8) is 0 Å². The molecule has 0 aromatic carbocycles. The summed E-state index contributed by atoms with van der Waals surface area (Å²) >= 11 is 1.60. The van der Waals surface area contributed by atoms with E-state index in [1.54, 1.807) is 11.3 Å². The van der Waals surface area contributed by atoms with E-state index in [0.717, 1.165) is 42.1 Å². The molecule has 3 heterocycles. The highest BCUT2D eigenvalue weighted by Crippen LogP contribution is 2.30. The molecule has 0 radical (unpaired) electrons. The molecule has 0 amide bonds. The van der Waals surface area contributed by atoms with Crippen molar-refractivity contribution in [3.05, 3.63) is 11.4 Å². The van der Waals surface area contributed by atoms with E-state index in [1.807, 2.05) is 5.38 Å². The Morgan fingerprint density at radius 1 is 1.39 bits per heavy atom. The van der Waals surface area contributed by atoms with Gasteiger partial charge in [-0.05, 0) is 24.3 Å².